The molecular formula is C8H9Se. The van der Waals surface area contributed by atoms with Crippen molar-refractivity contribution in [2.45, 2.75) is 13.8 Å². The van der Waals surface area contributed by atoms with E-state index in [1.54, 1.807) is 0 Å². The molecule has 0 fully saturated rings. The van der Waals surface area contributed by atoms with E-state index in [1.807, 2.05) is 0 Å². The topological polar surface area (TPSA) is 0 Å². The molecule has 0 saturated carbocycles. The third-order valence-corrected chi connectivity index (χ3v) is 2.27. The third kappa shape index (κ3) is 1.57. The van der Waals surface area contributed by atoms with Gasteiger partial charge in [0.25, 0.3) is 0 Å². The summed E-state index contributed by atoms with van der Waals surface area (Å²) in [5, 5.41) is 0. The fourth-order valence-corrected chi connectivity index (χ4v) is 1.24. The summed E-state index contributed by atoms with van der Waals surface area (Å²) in [5.74, 6) is 0. The van der Waals surface area contributed by atoms with Crippen LogP contribution in [0.5, 0.6) is 0 Å². The van der Waals surface area contributed by atoms with E-state index in [1.165, 1.54) is 15.6 Å². The molecule has 9 heavy (non-hydrogen) atoms. The second-order valence-electron chi connectivity index (χ2n) is 2.27. The summed E-state index contributed by atoms with van der Waals surface area (Å²) in [6, 6.07) is 6.40. The molecule has 0 unspecified atom stereocenters. The van der Waals surface area contributed by atoms with E-state index in [-0.39, 0.29) is 0 Å². The first-order valence-electron chi connectivity index (χ1n) is 2.94. The molecule has 0 amide bonds. The Hall–Kier alpha value is -0.261. The predicted octanol–water partition coefficient (Wildman–Crippen LogP) is 1.10. The van der Waals surface area contributed by atoms with E-state index in [9.17, 15) is 0 Å². The van der Waals surface area contributed by atoms with Gasteiger partial charge in [-0.05, 0) is 0 Å². The molecule has 0 atom stereocenters. The molecule has 1 aromatic rings. The molecule has 0 aliphatic rings. The van der Waals surface area contributed by atoms with Gasteiger partial charge in [0.2, 0.25) is 0 Å². The van der Waals surface area contributed by atoms with Crippen molar-refractivity contribution in [3.63, 3.8) is 0 Å². The van der Waals surface area contributed by atoms with Gasteiger partial charge in [0.1, 0.15) is 0 Å². The van der Waals surface area contributed by atoms with Crippen molar-refractivity contribution in [1.29, 1.82) is 0 Å². The Morgan fingerprint density at radius 3 is 2.33 bits per heavy atom. The minimum absolute atomic E-state index is 1.26. The van der Waals surface area contributed by atoms with Gasteiger partial charge < -0.3 is 0 Å². The molecule has 0 aliphatic carbocycles. The summed E-state index contributed by atoms with van der Waals surface area (Å²) < 4.78 is 1.26. The van der Waals surface area contributed by atoms with Crippen molar-refractivity contribution in [2.75, 3.05) is 0 Å². The molecule has 47 valence electrons. The molecule has 1 heteroatoms. The van der Waals surface area contributed by atoms with E-state index in [0.717, 1.165) is 0 Å². The molecule has 0 heterocycles. The second kappa shape index (κ2) is 2.55. The van der Waals surface area contributed by atoms with Crippen LogP contribution in [0.1, 0.15) is 11.1 Å². The van der Waals surface area contributed by atoms with Gasteiger partial charge in [-0.1, -0.05) is 0 Å². The molecule has 0 bridgehead atoms. The van der Waals surface area contributed by atoms with Crippen LogP contribution in [0.25, 0.3) is 0 Å². The second-order valence-corrected chi connectivity index (χ2v) is 3.19. The summed E-state index contributed by atoms with van der Waals surface area (Å²) in [7, 11) is 0. The number of rotatable bonds is 0. The Balaban J connectivity index is 3.17. The number of hydrogen-bond acceptors (Lipinski definition) is 0. The Bertz CT molecular complexity index is 216. The fourth-order valence-electron chi connectivity index (χ4n) is 0.707. The van der Waals surface area contributed by atoms with E-state index in [4.69, 9.17) is 0 Å². The van der Waals surface area contributed by atoms with Crippen molar-refractivity contribution >= 4 is 20.5 Å². The quantitative estimate of drug-likeness (QED) is 0.529. The minimum atomic E-state index is 1.26. The molecule has 0 N–H and O–H groups in total. The third-order valence-electron chi connectivity index (χ3n) is 1.34. The first-order valence-corrected chi connectivity index (χ1v) is 3.80. The molecule has 0 spiro atoms. The zero-order valence-electron chi connectivity index (χ0n) is 5.64. The first kappa shape index (κ1) is 6.85. The van der Waals surface area contributed by atoms with Gasteiger partial charge in [-0.15, -0.1) is 0 Å². The van der Waals surface area contributed by atoms with Crippen molar-refractivity contribution in [1.82, 2.24) is 0 Å². The number of hydrogen-bond donors (Lipinski definition) is 0. The van der Waals surface area contributed by atoms with Gasteiger partial charge in [-0.3, -0.25) is 0 Å². The maximum atomic E-state index is 3.01. The molecular weight excluding hydrogens is 175 g/mol. The first-order chi connectivity index (χ1) is 4.20. The maximum absolute atomic E-state index is 3.01. The monoisotopic (exact) mass is 185 g/mol. The van der Waals surface area contributed by atoms with Crippen LogP contribution in [0.3, 0.4) is 0 Å². The van der Waals surface area contributed by atoms with Crippen LogP contribution in [0.15, 0.2) is 18.2 Å². The zero-order valence-corrected chi connectivity index (χ0v) is 7.35. The number of aryl methyl sites for hydroxylation is 2. The molecule has 0 nitrogen and oxygen atoms in total. The molecule has 0 aliphatic heterocycles. The van der Waals surface area contributed by atoms with E-state index in [2.05, 4.69) is 48.1 Å². The van der Waals surface area contributed by atoms with Gasteiger partial charge in [-0.2, -0.15) is 0 Å². The zero-order chi connectivity index (χ0) is 6.85. The van der Waals surface area contributed by atoms with E-state index >= 15 is 0 Å². The Morgan fingerprint density at radius 2 is 1.89 bits per heavy atom. The SMILES string of the molecule is Cc1ccc(C)c([Se])c1. The average molecular weight is 184 g/mol. The summed E-state index contributed by atoms with van der Waals surface area (Å²) >= 11 is 3.01. The van der Waals surface area contributed by atoms with Crippen LogP contribution in [0, 0.1) is 13.8 Å². The van der Waals surface area contributed by atoms with Crippen LogP contribution in [-0.2, 0) is 0 Å². The van der Waals surface area contributed by atoms with Crippen molar-refractivity contribution in [3.05, 3.63) is 29.3 Å². The fraction of sp³-hybridized carbons (Fsp3) is 0.250. The molecule has 1 rings (SSSR count). The molecule has 0 aromatic heterocycles. The summed E-state index contributed by atoms with van der Waals surface area (Å²) in [5.41, 5.74) is 2.63. The molecule has 0 saturated heterocycles. The van der Waals surface area contributed by atoms with E-state index < -0.39 is 0 Å². The Morgan fingerprint density at radius 1 is 1.22 bits per heavy atom. The van der Waals surface area contributed by atoms with Gasteiger partial charge >= 0.3 is 63.6 Å². The summed E-state index contributed by atoms with van der Waals surface area (Å²) in [4.78, 5) is 0. The van der Waals surface area contributed by atoms with E-state index in [0.29, 0.717) is 0 Å². The van der Waals surface area contributed by atoms with Gasteiger partial charge in [0.05, 0.1) is 0 Å². The standard InChI is InChI=1S/C8H9Se/c1-6-3-4-7(2)8(9)5-6/h3-5H,1-2H3. The predicted molar refractivity (Wildman–Crippen MR) is 41.3 cm³/mol. The average Bonchev–Trinajstić information content (AvgIpc) is 1.80. The Kier molecular flexibility index (Phi) is 1.94. The van der Waals surface area contributed by atoms with Gasteiger partial charge in [0, 0.05) is 0 Å². The van der Waals surface area contributed by atoms with Crippen LogP contribution in [0.2, 0.25) is 0 Å². The van der Waals surface area contributed by atoms with Crippen LogP contribution in [-0.4, -0.2) is 16.0 Å². The Labute approximate surface area is 64.1 Å². The molecule has 1 aromatic carbocycles. The van der Waals surface area contributed by atoms with Crippen LogP contribution >= 0.6 is 0 Å². The van der Waals surface area contributed by atoms with Gasteiger partial charge in [0.15, 0.2) is 0 Å². The number of benzene rings is 1. The van der Waals surface area contributed by atoms with Crippen LogP contribution in [0.4, 0.5) is 0 Å². The summed E-state index contributed by atoms with van der Waals surface area (Å²) in [6.07, 6.45) is 0. The van der Waals surface area contributed by atoms with Crippen molar-refractivity contribution in [3.8, 4) is 0 Å². The summed E-state index contributed by atoms with van der Waals surface area (Å²) in [6.45, 7) is 4.20. The molecule has 1 radical (unpaired) electrons. The van der Waals surface area contributed by atoms with Crippen molar-refractivity contribution in [2.24, 2.45) is 0 Å². The van der Waals surface area contributed by atoms with Crippen LogP contribution < -0.4 is 4.46 Å². The van der Waals surface area contributed by atoms with Crippen molar-refractivity contribution < 1.29 is 0 Å². The normalized spacial score (nSPS) is 9.56. The van der Waals surface area contributed by atoms with Gasteiger partial charge in [-0.25, -0.2) is 0 Å².